The first kappa shape index (κ1) is 20.2. The van der Waals surface area contributed by atoms with Crippen LogP contribution < -0.4 is 16.0 Å². The van der Waals surface area contributed by atoms with Gasteiger partial charge in [-0.25, -0.2) is 4.99 Å². The number of aliphatic imine (C=N–C) groups is 1. The molecule has 21 heavy (non-hydrogen) atoms. The van der Waals surface area contributed by atoms with Crippen molar-refractivity contribution in [2.45, 2.75) is 33.7 Å². The van der Waals surface area contributed by atoms with Crippen LogP contribution in [0, 0.1) is 6.92 Å². The van der Waals surface area contributed by atoms with Crippen LogP contribution in [0.5, 0.6) is 0 Å². The molecule has 7 heteroatoms. The molecule has 0 aliphatic heterocycles. The van der Waals surface area contributed by atoms with E-state index in [4.69, 9.17) is 0 Å². The molecule has 0 aliphatic carbocycles. The first-order valence-corrected chi connectivity index (χ1v) is 7.81. The van der Waals surface area contributed by atoms with Gasteiger partial charge in [0, 0.05) is 22.8 Å². The van der Waals surface area contributed by atoms with Crippen LogP contribution >= 0.6 is 35.3 Å². The van der Waals surface area contributed by atoms with Crippen LogP contribution in [0.25, 0.3) is 0 Å². The molecule has 1 rings (SSSR count). The molecule has 0 bridgehead atoms. The van der Waals surface area contributed by atoms with E-state index in [0.717, 1.165) is 19.5 Å². The number of rotatable bonds is 7. The highest BCUT2D eigenvalue weighted by Gasteiger charge is 2.02. The minimum absolute atomic E-state index is 0. The summed E-state index contributed by atoms with van der Waals surface area (Å²) in [5, 5.41) is 9.17. The van der Waals surface area contributed by atoms with Crippen LogP contribution in [0.4, 0.5) is 0 Å². The summed E-state index contributed by atoms with van der Waals surface area (Å²) in [4.78, 5) is 18.3. The Morgan fingerprint density at radius 2 is 2.00 bits per heavy atom. The third kappa shape index (κ3) is 8.92. The van der Waals surface area contributed by atoms with Crippen LogP contribution in [0.3, 0.4) is 0 Å². The number of amides is 1. The van der Waals surface area contributed by atoms with Crippen molar-refractivity contribution in [3.8, 4) is 0 Å². The second-order valence-corrected chi connectivity index (χ2v) is 5.78. The van der Waals surface area contributed by atoms with Crippen LogP contribution in [0.1, 0.15) is 30.0 Å². The Hall–Kier alpha value is -0.830. The molecule has 1 heterocycles. The van der Waals surface area contributed by atoms with E-state index in [2.05, 4.69) is 40.0 Å². The zero-order chi connectivity index (χ0) is 14.8. The first-order chi connectivity index (χ1) is 9.65. The number of thiophene rings is 1. The largest absolute Gasteiger partial charge is 0.357 e. The fraction of sp³-hybridized carbons (Fsp3) is 0.571. The monoisotopic (exact) mass is 424 g/mol. The first-order valence-electron chi connectivity index (χ1n) is 6.99. The number of halogens is 1. The second kappa shape index (κ2) is 11.8. The molecule has 5 nitrogen and oxygen atoms in total. The Bertz CT molecular complexity index is 448. The Balaban J connectivity index is 0.00000400. The highest BCUT2D eigenvalue weighted by atomic mass is 127. The summed E-state index contributed by atoms with van der Waals surface area (Å²) >= 11 is 1.76. The fourth-order valence-corrected chi connectivity index (χ4v) is 2.39. The molecule has 0 radical (unpaired) electrons. The van der Waals surface area contributed by atoms with Crippen molar-refractivity contribution in [2.75, 3.05) is 19.6 Å². The average molecular weight is 424 g/mol. The molecule has 0 atom stereocenters. The van der Waals surface area contributed by atoms with Crippen LogP contribution in [0.2, 0.25) is 0 Å². The molecule has 1 aromatic rings. The van der Waals surface area contributed by atoms with Gasteiger partial charge in [0.05, 0.1) is 6.54 Å². The van der Waals surface area contributed by atoms with Gasteiger partial charge in [0.2, 0.25) is 5.91 Å². The lowest BCUT2D eigenvalue weighted by Crippen LogP contribution is -2.38. The summed E-state index contributed by atoms with van der Waals surface area (Å²) < 4.78 is 0. The quantitative estimate of drug-likeness (QED) is 0.358. The molecule has 0 aliphatic rings. The van der Waals surface area contributed by atoms with Gasteiger partial charge in [0.25, 0.3) is 0 Å². The molecule has 120 valence electrons. The van der Waals surface area contributed by atoms with Crippen LogP contribution in [0.15, 0.2) is 17.1 Å². The summed E-state index contributed by atoms with van der Waals surface area (Å²) in [6.07, 6.45) is 0.936. The maximum Gasteiger partial charge on any atom is 0.241 e. The number of hydrogen-bond acceptors (Lipinski definition) is 3. The van der Waals surface area contributed by atoms with Gasteiger partial charge in [-0.2, -0.15) is 0 Å². The van der Waals surface area contributed by atoms with E-state index < -0.39 is 0 Å². The van der Waals surface area contributed by atoms with Gasteiger partial charge >= 0.3 is 0 Å². The number of carbonyl (C=O) groups is 1. The van der Waals surface area contributed by atoms with E-state index in [1.165, 1.54) is 9.75 Å². The second-order valence-electron chi connectivity index (χ2n) is 4.41. The minimum atomic E-state index is -0.0454. The van der Waals surface area contributed by atoms with Crippen molar-refractivity contribution in [3.05, 3.63) is 21.9 Å². The summed E-state index contributed by atoms with van der Waals surface area (Å²) in [5.41, 5.74) is 0. The maximum absolute atomic E-state index is 11.5. The third-order valence-electron chi connectivity index (χ3n) is 2.52. The van der Waals surface area contributed by atoms with E-state index in [0.29, 0.717) is 12.5 Å². The predicted molar refractivity (Wildman–Crippen MR) is 101 cm³/mol. The van der Waals surface area contributed by atoms with Crippen molar-refractivity contribution in [2.24, 2.45) is 4.99 Å². The number of guanidine groups is 1. The predicted octanol–water partition coefficient (Wildman–Crippen LogP) is 2.26. The standard InChI is InChI=1S/C14H24N4OS.HI/c1-4-8-16-13(19)10-18-14(15-5-2)17-9-12-7-6-11(3)20-12;/h6-7H,4-5,8-10H2,1-3H3,(H,16,19)(H2,15,17,18);1H. The van der Waals surface area contributed by atoms with Crippen LogP contribution in [-0.2, 0) is 11.3 Å². The fourth-order valence-electron chi connectivity index (χ4n) is 1.56. The van der Waals surface area contributed by atoms with E-state index in [1.807, 2.05) is 13.8 Å². The number of aryl methyl sites for hydroxylation is 1. The van der Waals surface area contributed by atoms with Gasteiger partial charge in [-0.15, -0.1) is 35.3 Å². The summed E-state index contributed by atoms with van der Waals surface area (Å²) in [7, 11) is 0. The lowest BCUT2D eigenvalue weighted by Gasteiger charge is -2.10. The summed E-state index contributed by atoms with van der Waals surface area (Å²) in [6, 6.07) is 4.20. The Morgan fingerprint density at radius 3 is 2.57 bits per heavy atom. The SMILES string of the molecule is CCCNC(=O)CN=C(NCC)NCc1ccc(C)s1.I. The van der Waals surface area contributed by atoms with E-state index in [9.17, 15) is 4.79 Å². The maximum atomic E-state index is 11.5. The lowest BCUT2D eigenvalue weighted by molar-refractivity contribution is -0.119. The molecule has 1 aromatic heterocycles. The lowest BCUT2D eigenvalue weighted by atomic mass is 10.4. The molecular weight excluding hydrogens is 399 g/mol. The highest BCUT2D eigenvalue weighted by molar-refractivity contribution is 14.0. The van der Waals surface area contributed by atoms with Crippen molar-refractivity contribution < 1.29 is 4.79 Å². The molecule has 1 amide bonds. The van der Waals surface area contributed by atoms with Gasteiger partial charge in [0.1, 0.15) is 6.54 Å². The van der Waals surface area contributed by atoms with Crippen molar-refractivity contribution in [3.63, 3.8) is 0 Å². The van der Waals surface area contributed by atoms with Gasteiger partial charge < -0.3 is 16.0 Å². The molecule has 0 aromatic carbocycles. The van der Waals surface area contributed by atoms with Crippen molar-refractivity contribution >= 4 is 47.2 Å². The van der Waals surface area contributed by atoms with E-state index in [-0.39, 0.29) is 36.4 Å². The van der Waals surface area contributed by atoms with Gasteiger partial charge in [-0.05, 0) is 32.4 Å². The average Bonchev–Trinajstić information content (AvgIpc) is 2.85. The minimum Gasteiger partial charge on any atom is -0.357 e. The zero-order valence-corrected chi connectivity index (χ0v) is 16.0. The highest BCUT2D eigenvalue weighted by Crippen LogP contribution is 2.14. The van der Waals surface area contributed by atoms with Gasteiger partial charge in [0.15, 0.2) is 5.96 Å². The topological polar surface area (TPSA) is 65.5 Å². The number of nitrogens with zero attached hydrogens (tertiary/aromatic N) is 1. The molecule has 0 saturated heterocycles. The molecular formula is C14H25IN4OS. The Labute approximate surface area is 148 Å². The normalized spacial score (nSPS) is 10.7. The van der Waals surface area contributed by atoms with E-state index in [1.54, 1.807) is 11.3 Å². The number of nitrogens with one attached hydrogen (secondary N) is 3. The number of carbonyl (C=O) groups excluding carboxylic acids is 1. The summed E-state index contributed by atoms with van der Waals surface area (Å²) in [5.74, 6) is 0.626. The molecule has 3 N–H and O–H groups in total. The molecule has 0 fully saturated rings. The van der Waals surface area contributed by atoms with Crippen molar-refractivity contribution in [1.82, 2.24) is 16.0 Å². The smallest absolute Gasteiger partial charge is 0.241 e. The van der Waals surface area contributed by atoms with Gasteiger partial charge in [-0.1, -0.05) is 6.92 Å². The van der Waals surface area contributed by atoms with Gasteiger partial charge in [-0.3, -0.25) is 4.79 Å². The summed E-state index contributed by atoms with van der Waals surface area (Å²) in [6.45, 7) is 8.46. The molecule has 0 saturated carbocycles. The molecule has 0 unspecified atom stereocenters. The van der Waals surface area contributed by atoms with Crippen LogP contribution in [-0.4, -0.2) is 31.5 Å². The Morgan fingerprint density at radius 1 is 1.24 bits per heavy atom. The van der Waals surface area contributed by atoms with E-state index >= 15 is 0 Å². The number of hydrogen-bond donors (Lipinski definition) is 3. The third-order valence-corrected chi connectivity index (χ3v) is 3.52. The zero-order valence-electron chi connectivity index (χ0n) is 12.9. The molecule has 0 spiro atoms. The van der Waals surface area contributed by atoms with Crippen molar-refractivity contribution in [1.29, 1.82) is 0 Å². The Kier molecular flexibility index (Phi) is 11.3.